The van der Waals surface area contributed by atoms with Gasteiger partial charge in [0.2, 0.25) is 5.88 Å². The monoisotopic (exact) mass is 838 g/mol. The smallest absolute Gasteiger partial charge is 0.271 e. The van der Waals surface area contributed by atoms with E-state index in [-0.39, 0.29) is 29.5 Å². The molecule has 0 radical (unpaired) electrons. The van der Waals surface area contributed by atoms with Crippen LogP contribution in [-0.4, -0.2) is 28.9 Å². The van der Waals surface area contributed by atoms with E-state index in [0.29, 0.717) is 28.4 Å². The molecular formula is C53H54N6O4. The molecule has 0 aliphatic carbocycles. The molecule has 320 valence electrons. The predicted octanol–water partition coefficient (Wildman–Crippen LogP) is 11.9. The molecule has 0 spiro atoms. The van der Waals surface area contributed by atoms with Crippen molar-refractivity contribution in [1.29, 1.82) is 0 Å². The second-order valence-corrected chi connectivity index (χ2v) is 14.8. The predicted molar refractivity (Wildman–Crippen MR) is 258 cm³/mol. The second kappa shape index (κ2) is 21.2. The highest BCUT2D eigenvalue weighted by Crippen LogP contribution is 2.29. The zero-order chi connectivity index (χ0) is 44.9. The Bertz CT molecular complexity index is 2900. The van der Waals surface area contributed by atoms with Gasteiger partial charge in [-0.05, 0) is 120 Å². The number of amides is 2. The first-order chi connectivity index (χ1) is 30.6. The molecule has 0 fully saturated rings. The Kier molecular flexibility index (Phi) is 15.1. The van der Waals surface area contributed by atoms with E-state index in [4.69, 9.17) is 4.74 Å². The molecule has 5 N–H and O–H groups in total. The molecule has 63 heavy (non-hydrogen) atoms. The summed E-state index contributed by atoms with van der Waals surface area (Å²) in [6.45, 7) is 11.8. The van der Waals surface area contributed by atoms with Crippen LogP contribution in [-0.2, 0) is 0 Å². The van der Waals surface area contributed by atoms with E-state index >= 15 is 0 Å². The normalized spacial score (nSPS) is 11.5. The quantitative estimate of drug-likeness (QED) is 0.0874. The highest BCUT2D eigenvalue weighted by molar-refractivity contribution is 5.98. The number of H-pyrrole nitrogens is 1. The summed E-state index contributed by atoms with van der Waals surface area (Å²) in [6, 6.07) is 46.7. The number of rotatable bonds is 11. The van der Waals surface area contributed by atoms with Crippen LogP contribution in [0.3, 0.4) is 0 Å². The molecule has 8 aromatic rings. The number of carbonyl (C=O) groups excluding carboxylic acids is 2. The number of anilines is 4. The summed E-state index contributed by atoms with van der Waals surface area (Å²) in [6.07, 6.45) is 3.25. The minimum Gasteiger partial charge on any atom is -0.480 e. The van der Waals surface area contributed by atoms with Crippen LogP contribution in [0.5, 0.6) is 5.88 Å². The van der Waals surface area contributed by atoms with Gasteiger partial charge in [-0.25, -0.2) is 4.98 Å². The van der Waals surface area contributed by atoms with E-state index in [9.17, 15) is 14.4 Å². The molecule has 6 aromatic carbocycles. The maximum atomic E-state index is 13.1. The fraction of sp³-hybridized carbons (Fsp3) is 0.170. The number of aromatic amines is 1. The maximum absolute atomic E-state index is 13.1. The largest absolute Gasteiger partial charge is 0.480 e. The molecule has 2 heterocycles. The lowest BCUT2D eigenvalue weighted by Crippen LogP contribution is -2.27. The van der Waals surface area contributed by atoms with Gasteiger partial charge in [0, 0.05) is 34.9 Å². The van der Waals surface area contributed by atoms with Gasteiger partial charge in [-0.1, -0.05) is 111 Å². The molecule has 2 amide bonds. The van der Waals surface area contributed by atoms with E-state index < -0.39 is 0 Å². The Labute approximate surface area is 368 Å². The number of nitrogens with zero attached hydrogens (tertiary/aromatic N) is 1. The van der Waals surface area contributed by atoms with Gasteiger partial charge in [0.1, 0.15) is 11.4 Å². The fourth-order valence-electron chi connectivity index (χ4n) is 7.33. The maximum Gasteiger partial charge on any atom is 0.271 e. The Morgan fingerprint density at radius 1 is 0.587 bits per heavy atom. The number of aromatic nitrogens is 2. The first-order valence-electron chi connectivity index (χ1n) is 21.1. The number of hydrogen-bond donors (Lipinski definition) is 5. The highest BCUT2D eigenvalue weighted by atomic mass is 16.5. The highest BCUT2D eigenvalue weighted by Gasteiger charge is 2.18. The average Bonchev–Trinajstić information content (AvgIpc) is 3.31. The molecule has 10 heteroatoms. The summed E-state index contributed by atoms with van der Waals surface area (Å²) < 4.78 is 5.30. The van der Waals surface area contributed by atoms with Gasteiger partial charge in [-0.3, -0.25) is 14.4 Å². The standard InChI is InChI=1S/C26H25N3O2.C25H23N3O2.C2H6/c1-17-13-14-20(29-24-12-7-15-27-26(24)31-3)16-23(17)25(30)28-18(2)21-11-6-9-19-8-4-5-10-22(19)21;1-16-12-13-19(28-23-11-6-14-26-25(23)30)15-22(16)24(29)27-17(2)20-10-5-8-18-7-3-4-9-21(18)20;1-2/h4-16,18,29H,1-3H3,(H,28,30);3-15,17,28H,1-2H3,(H,26,30)(H,27,29);1-2H3. The summed E-state index contributed by atoms with van der Waals surface area (Å²) in [7, 11) is 1.58. The summed E-state index contributed by atoms with van der Waals surface area (Å²) in [5, 5.41) is 17.2. The molecule has 0 aliphatic rings. The number of carbonyl (C=O) groups is 2. The van der Waals surface area contributed by atoms with Crippen molar-refractivity contribution in [3.05, 3.63) is 202 Å². The summed E-state index contributed by atoms with van der Waals surface area (Å²) in [5.41, 5.74) is 7.56. The van der Waals surface area contributed by atoms with Gasteiger partial charge in [0.05, 0.1) is 19.2 Å². The minimum absolute atomic E-state index is 0.111. The topological polar surface area (TPSA) is 137 Å². The number of methoxy groups -OCH3 is 1. The van der Waals surface area contributed by atoms with Gasteiger partial charge in [-0.15, -0.1) is 0 Å². The molecule has 8 rings (SSSR count). The van der Waals surface area contributed by atoms with Gasteiger partial charge >= 0.3 is 0 Å². The molecule has 10 nitrogen and oxygen atoms in total. The van der Waals surface area contributed by atoms with E-state index in [1.54, 1.807) is 37.7 Å². The Balaban J connectivity index is 0.000000202. The van der Waals surface area contributed by atoms with Crippen LogP contribution >= 0.6 is 0 Å². The van der Waals surface area contributed by atoms with E-state index in [1.165, 1.54) is 0 Å². The van der Waals surface area contributed by atoms with Crippen molar-refractivity contribution >= 4 is 56.1 Å². The van der Waals surface area contributed by atoms with Crippen LogP contribution in [0.2, 0.25) is 0 Å². The molecule has 0 saturated heterocycles. The van der Waals surface area contributed by atoms with Crippen molar-refractivity contribution in [2.24, 2.45) is 0 Å². The third-order valence-electron chi connectivity index (χ3n) is 10.6. The molecule has 2 aromatic heterocycles. The zero-order valence-corrected chi connectivity index (χ0v) is 36.7. The van der Waals surface area contributed by atoms with Gasteiger partial charge in [0.25, 0.3) is 17.4 Å². The Morgan fingerprint density at radius 2 is 1.06 bits per heavy atom. The van der Waals surface area contributed by atoms with Crippen molar-refractivity contribution in [2.75, 3.05) is 17.7 Å². The first-order valence-corrected chi connectivity index (χ1v) is 21.1. The van der Waals surface area contributed by atoms with Crippen molar-refractivity contribution in [3.8, 4) is 5.88 Å². The van der Waals surface area contributed by atoms with Crippen LogP contribution in [0.15, 0.2) is 163 Å². The third-order valence-corrected chi connectivity index (χ3v) is 10.6. The average molecular weight is 839 g/mol. The van der Waals surface area contributed by atoms with E-state index in [1.807, 2.05) is 126 Å². The molecule has 0 aliphatic heterocycles. The third kappa shape index (κ3) is 11.0. The fourth-order valence-corrected chi connectivity index (χ4v) is 7.33. The van der Waals surface area contributed by atoms with Crippen molar-refractivity contribution < 1.29 is 14.3 Å². The van der Waals surface area contributed by atoms with Crippen LogP contribution < -0.4 is 31.6 Å². The van der Waals surface area contributed by atoms with Crippen LogP contribution in [0.1, 0.15) is 82.7 Å². The van der Waals surface area contributed by atoms with E-state index in [0.717, 1.165) is 55.2 Å². The SMILES string of the molecule is CC.COc1ncccc1Nc1ccc(C)c(C(=O)NC(C)c2cccc3ccccc23)c1.Cc1ccc(Nc2ccc[nH]c2=O)cc1C(=O)NC(C)c1cccc2ccccc12. The first kappa shape index (κ1) is 44.8. The van der Waals surface area contributed by atoms with E-state index in [2.05, 4.69) is 73.7 Å². The number of hydrogen-bond acceptors (Lipinski definition) is 7. The number of benzene rings is 6. The molecule has 2 atom stereocenters. The van der Waals surface area contributed by atoms with Crippen molar-refractivity contribution in [3.63, 3.8) is 0 Å². The van der Waals surface area contributed by atoms with Crippen LogP contribution in [0.25, 0.3) is 21.5 Å². The van der Waals surface area contributed by atoms with Gasteiger partial charge in [-0.2, -0.15) is 0 Å². The minimum atomic E-state index is -0.214. The lowest BCUT2D eigenvalue weighted by molar-refractivity contribution is 0.0931. The van der Waals surface area contributed by atoms with Gasteiger partial charge < -0.3 is 31.0 Å². The number of nitrogens with one attached hydrogen (secondary N) is 5. The van der Waals surface area contributed by atoms with Crippen LogP contribution in [0.4, 0.5) is 22.7 Å². The van der Waals surface area contributed by atoms with Gasteiger partial charge in [0.15, 0.2) is 0 Å². The Hall–Kier alpha value is -7.72. The summed E-state index contributed by atoms with van der Waals surface area (Å²) in [5.74, 6) is 0.233. The molecule has 0 bridgehead atoms. The molecular weight excluding hydrogens is 785 g/mol. The van der Waals surface area contributed by atoms with Crippen molar-refractivity contribution in [1.82, 2.24) is 20.6 Å². The number of aryl methyl sites for hydroxylation is 2. The summed E-state index contributed by atoms with van der Waals surface area (Å²) in [4.78, 5) is 44.9. The van der Waals surface area contributed by atoms with Crippen molar-refractivity contribution in [2.45, 2.75) is 53.6 Å². The molecule has 0 saturated carbocycles. The number of pyridine rings is 2. The lowest BCUT2D eigenvalue weighted by Gasteiger charge is -2.18. The zero-order valence-electron chi connectivity index (χ0n) is 36.7. The lowest BCUT2D eigenvalue weighted by atomic mass is 9.99. The number of fused-ring (bicyclic) bond motifs is 2. The summed E-state index contributed by atoms with van der Waals surface area (Å²) >= 11 is 0. The Morgan fingerprint density at radius 3 is 1.57 bits per heavy atom. The number of ether oxygens (including phenoxy) is 1. The van der Waals surface area contributed by atoms with Crippen LogP contribution in [0, 0.1) is 13.8 Å². The molecule has 2 unspecified atom stereocenters. The second-order valence-electron chi connectivity index (χ2n) is 14.8.